The minimum Gasteiger partial charge on any atom is -0.497 e. The molecule has 6 nitrogen and oxygen atoms in total. The molecule has 0 saturated carbocycles. The number of benzene rings is 2. The van der Waals surface area contributed by atoms with Crippen molar-refractivity contribution in [3.8, 4) is 17.2 Å². The summed E-state index contributed by atoms with van der Waals surface area (Å²) < 4.78 is 115. The Kier molecular flexibility index (Phi) is 6.95. The first-order valence-corrected chi connectivity index (χ1v) is 9.47. The zero-order valence-corrected chi connectivity index (χ0v) is 16.0. The lowest BCUT2D eigenvalue weighted by Gasteiger charge is -2.15. The van der Waals surface area contributed by atoms with Gasteiger partial charge in [-0.05, 0) is 24.3 Å². The average molecular weight is 459 g/mol. The zero-order chi connectivity index (χ0) is 22.6. The lowest BCUT2D eigenvalue weighted by atomic mass is 10.3. The molecular weight excluding hydrogens is 444 g/mol. The number of rotatable bonds is 8. The van der Waals surface area contributed by atoms with Gasteiger partial charge in [0.15, 0.2) is 13.2 Å². The molecular formula is C17H15F6NO5S. The Morgan fingerprint density at radius 1 is 0.800 bits per heavy atom. The Labute approximate surface area is 167 Å². The van der Waals surface area contributed by atoms with Gasteiger partial charge in [-0.15, -0.1) is 0 Å². The van der Waals surface area contributed by atoms with Crippen molar-refractivity contribution in [1.29, 1.82) is 0 Å². The van der Waals surface area contributed by atoms with Crippen LogP contribution in [0.3, 0.4) is 0 Å². The third-order valence-electron chi connectivity index (χ3n) is 3.31. The normalized spacial score (nSPS) is 12.4. The summed E-state index contributed by atoms with van der Waals surface area (Å²) >= 11 is 0. The summed E-state index contributed by atoms with van der Waals surface area (Å²) in [4.78, 5) is -0.220. The summed E-state index contributed by atoms with van der Waals surface area (Å²) in [5.74, 6) is -0.710. The van der Waals surface area contributed by atoms with E-state index < -0.39 is 47.1 Å². The molecule has 0 unspecified atom stereocenters. The topological polar surface area (TPSA) is 73.9 Å². The minimum atomic E-state index is -4.72. The second kappa shape index (κ2) is 8.90. The molecule has 13 heteroatoms. The van der Waals surface area contributed by atoms with E-state index in [2.05, 4.69) is 14.2 Å². The summed E-state index contributed by atoms with van der Waals surface area (Å²) in [7, 11) is -2.85. The summed E-state index contributed by atoms with van der Waals surface area (Å²) in [5, 5.41) is 0. The molecule has 0 aliphatic rings. The van der Waals surface area contributed by atoms with E-state index in [0.717, 1.165) is 18.2 Å². The molecule has 0 saturated heterocycles. The highest BCUT2D eigenvalue weighted by Crippen LogP contribution is 2.30. The Hall–Kier alpha value is -2.83. The molecule has 0 aliphatic heterocycles. The van der Waals surface area contributed by atoms with Gasteiger partial charge in [0, 0.05) is 18.2 Å². The van der Waals surface area contributed by atoms with Crippen molar-refractivity contribution in [2.75, 3.05) is 25.0 Å². The highest BCUT2D eigenvalue weighted by molar-refractivity contribution is 7.92. The molecule has 2 aromatic carbocycles. The van der Waals surface area contributed by atoms with E-state index in [1.54, 1.807) is 0 Å². The van der Waals surface area contributed by atoms with Crippen LogP contribution in [0.15, 0.2) is 47.4 Å². The second-order valence-electron chi connectivity index (χ2n) is 5.78. The van der Waals surface area contributed by atoms with Gasteiger partial charge >= 0.3 is 12.4 Å². The molecule has 0 aliphatic carbocycles. The van der Waals surface area contributed by atoms with Crippen molar-refractivity contribution in [2.45, 2.75) is 17.2 Å². The lowest BCUT2D eigenvalue weighted by Crippen LogP contribution is -2.20. The van der Waals surface area contributed by atoms with Gasteiger partial charge in [-0.3, -0.25) is 4.72 Å². The first-order valence-electron chi connectivity index (χ1n) is 7.98. The molecule has 0 heterocycles. The van der Waals surface area contributed by atoms with Gasteiger partial charge in [-0.1, -0.05) is 0 Å². The summed E-state index contributed by atoms with van der Waals surface area (Å²) in [5.41, 5.74) is -0.359. The number of hydrogen-bond donors (Lipinski definition) is 1. The van der Waals surface area contributed by atoms with Crippen molar-refractivity contribution in [3.05, 3.63) is 42.5 Å². The van der Waals surface area contributed by atoms with Gasteiger partial charge < -0.3 is 14.2 Å². The maximum atomic E-state index is 12.5. The molecule has 0 spiro atoms. The molecule has 0 radical (unpaired) electrons. The fourth-order valence-electron chi connectivity index (χ4n) is 2.10. The highest BCUT2D eigenvalue weighted by atomic mass is 32.2. The number of sulfonamides is 1. The van der Waals surface area contributed by atoms with E-state index in [4.69, 9.17) is 4.74 Å². The largest absolute Gasteiger partial charge is 0.497 e. The van der Waals surface area contributed by atoms with Crippen LogP contribution in [-0.4, -0.2) is 41.1 Å². The molecule has 2 aromatic rings. The van der Waals surface area contributed by atoms with Gasteiger partial charge in [0.1, 0.15) is 17.2 Å². The van der Waals surface area contributed by atoms with E-state index in [1.807, 2.05) is 0 Å². The van der Waals surface area contributed by atoms with Crippen LogP contribution in [-0.2, 0) is 10.0 Å². The quantitative estimate of drug-likeness (QED) is 0.594. The number of hydrogen-bond acceptors (Lipinski definition) is 5. The predicted molar refractivity (Wildman–Crippen MR) is 93.3 cm³/mol. The van der Waals surface area contributed by atoms with Crippen LogP contribution in [0.25, 0.3) is 0 Å². The van der Waals surface area contributed by atoms with Crippen LogP contribution in [0.4, 0.5) is 32.0 Å². The number of ether oxygens (including phenoxy) is 3. The number of alkyl halides is 6. The third kappa shape index (κ3) is 7.54. The zero-order valence-electron chi connectivity index (χ0n) is 15.2. The predicted octanol–water partition coefficient (Wildman–Crippen LogP) is 4.38. The van der Waals surface area contributed by atoms with E-state index in [-0.39, 0.29) is 10.6 Å². The highest BCUT2D eigenvalue weighted by Gasteiger charge is 2.30. The van der Waals surface area contributed by atoms with E-state index in [0.29, 0.717) is 5.75 Å². The molecule has 2 rings (SSSR count). The van der Waals surface area contributed by atoms with Crippen LogP contribution < -0.4 is 18.9 Å². The van der Waals surface area contributed by atoms with Gasteiger partial charge in [0.2, 0.25) is 0 Å². The van der Waals surface area contributed by atoms with Crippen molar-refractivity contribution in [2.24, 2.45) is 0 Å². The Bertz CT molecular complexity index is 922. The maximum Gasteiger partial charge on any atom is 0.422 e. The van der Waals surface area contributed by atoms with E-state index in [9.17, 15) is 34.8 Å². The van der Waals surface area contributed by atoms with Crippen LogP contribution in [0.1, 0.15) is 0 Å². The monoisotopic (exact) mass is 459 g/mol. The number of halogens is 6. The van der Waals surface area contributed by atoms with Gasteiger partial charge in [-0.2, -0.15) is 26.3 Å². The summed E-state index contributed by atoms with van der Waals surface area (Å²) in [6.07, 6.45) is -9.43. The number of methoxy groups -OCH3 is 1. The molecule has 1 N–H and O–H groups in total. The van der Waals surface area contributed by atoms with Crippen molar-refractivity contribution >= 4 is 15.7 Å². The molecule has 0 atom stereocenters. The first-order chi connectivity index (χ1) is 13.8. The second-order valence-corrected chi connectivity index (χ2v) is 7.46. The van der Waals surface area contributed by atoms with Crippen molar-refractivity contribution < 1.29 is 49.0 Å². The SMILES string of the molecule is COc1ccc(S(=O)(=O)Nc2cc(OCC(F)(F)F)cc(OCC(F)(F)F)c2)cc1. The van der Waals surface area contributed by atoms with E-state index in [1.165, 1.54) is 31.4 Å². The number of nitrogens with one attached hydrogen (secondary N) is 1. The first kappa shape index (κ1) is 23.4. The van der Waals surface area contributed by atoms with Crippen LogP contribution in [0, 0.1) is 0 Å². The molecule has 0 aromatic heterocycles. The van der Waals surface area contributed by atoms with Crippen LogP contribution in [0.2, 0.25) is 0 Å². The van der Waals surface area contributed by atoms with E-state index >= 15 is 0 Å². The van der Waals surface area contributed by atoms with Crippen molar-refractivity contribution in [3.63, 3.8) is 0 Å². The molecule has 0 bridgehead atoms. The Morgan fingerprint density at radius 2 is 1.27 bits per heavy atom. The summed E-state index contributed by atoms with van der Waals surface area (Å²) in [6, 6.07) is 7.66. The molecule has 30 heavy (non-hydrogen) atoms. The van der Waals surface area contributed by atoms with Gasteiger partial charge in [-0.25, -0.2) is 8.42 Å². The Morgan fingerprint density at radius 3 is 1.67 bits per heavy atom. The smallest absolute Gasteiger partial charge is 0.422 e. The number of anilines is 1. The summed E-state index contributed by atoms with van der Waals surface area (Å²) in [6.45, 7) is -3.47. The molecule has 166 valence electrons. The average Bonchev–Trinajstić information content (AvgIpc) is 2.63. The van der Waals surface area contributed by atoms with Gasteiger partial charge in [0.05, 0.1) is 17.7 Å². The fourth-order valence-corrected chi connectivity index (χ4v) is 3.14. The molecule has 0 amide bonds. The standard InChI is InChI=1S/C17H15F6NO5S/c1-27-12-2-4-15(5-3-12)30(25,26)24-11-6-13(28-9-16(18,19)20)8-14(7-11)29-10-17(21,22)23/h2-8,24H,9-10H2,1H3. The maximum absolute atomic E-state index is 12.5. The van der Waals surface area contributed by atoms with Crippen LogP contribution >= 0.6 is 0 Å². The molecule has 0 fully saturated rings. The van der Waals surface area contributed by atoms with Gasteiger partial charge in [0.25, 0.3) is 10.0 Å². The minimum absolute atomic E-state index is 0.220. The van der Waals surface area contributed by atoms with Crippen molar-refractivity contribution in [1.82, 2.24) is 0 Å². The van der Waals surface area contributed by atoms with Crippen LogP contribution in [0.5, 0.6) is 17.2 Å². The lowest BCUT2D eigenvalue weighted by molar-refractivity contribution is -0.153. The third-order valence-corrected chi connectivity index (χ3v) is 4.70. The Balaban J connectivity index is 2.30. The fraction of sp³-hybridized carbons (Fsp3) is 0.294.